The van der Waals surface area contributed by atoms with Crippen LogP contribution in [0.2, 0.25) is 0 Å². The van der Waals surface area contributed by atoms with E-state index in [9.17, 15) is 9.59 Å². The molecule has 0 saturated carbocycles. The Morgan fingerprint density at radius 2 is 1.96 bits per heavy atom. The molecule has 1 aliphatic heterocycles. The molecular formula is C19H21N3O3. The van der Waals surface area contributed by atoms with Crippen molar-refractivity contribution in [3.05, 3.63) is 54.2 Å². The number of amides is 2. The highest BCUT2D eigenvalue weighted by Gasteiger charge is 2.51. The van der Waals surface area contributed by atoms with Crippen LogP contribution in [-0.4, -0.2) is 28.4 Å². The Morgan fingerprint density at radius 1 is 1.24 bits per heavy atom. The second kappa shape index (κ2) is 6.55. The highest BCUT2D eigenvalue weighted by molar-refractivity contribution is 6.16. The maximum Gasteiger partial charge on any atom is 0.282 e. The topological polar surface area (TPSA) is 71.5 Å². The van der Waals surface area contributed by atoms with E-state index >= 15 is 0 Å². The number of carbonyl (C=O) groups is 2. The van der Waals surface area contributed by atoms with E-state index in [1.807, 2.05) is 44.2 Å². The van der Waals surface area contributed by atoms with Gasteiger partial charge in [0.25, 0.3) is 17.4 Å². The minimum Gasteiger partial charge on any atom is -0.464 e. The predicted molar refractivity (Wildman–Crippen MR) is 94.2 cm³/mol. The third-order valence-corrected chi connectivity index (χ3v) is 4.17. The van der Waals surface area contributed by atoms with Crippen molar-refractivity contribution in [2.75, 3.05) is 4.90 Å². The molecule has 6 heteroatoms. The molecule has 0 aliphatic carbocycles. The second-order valence-corrected chi connectivity index (χ2v) is 6.40. The lowest BCUT2D eigenvalue weighted by Crippen LogP contribution is -2.63. The number of nitrogens with one attached hydrogen (secondary N) is 1. The molecule has 2 heterocycles. The molecule has 0 unspecified atom stereocenters. The Kier molecular flexibility index (Phi) is 4.44. The van der Waals surface area contributed by atoms with E-state index in [0.29, 0.717) is 18.1 Å². The van der Waals surface area contributed by atoms with Gasteiger partial charge in [0.05, 0.1) is 0 Å². The molecule has 1 aromatic heterocycles. The predicted octanol–water partition coefficient (Wildman–Crippen LogP) is 2.29. The van der Waals surface area contributed by atoms with Crippen molar-refractivity contribution in [2.45, 2.75) is 39.0 Å². The van der Waals surface area contributed by atoms with Crippen LogP contribution < -0.4 is 15.0 Å². The summed E-state index contributed by atoms with van der Waals surface area (Å²) in [6.07, 6.45) is 1.60. The molecule has 2 amide bonds. The highest BCUT2D eigenvalue weighted by atomic mass is 16.5. The maximum atomic E-state index is 13.0. The standard InChI is InChI=1S/C19H21N3O3/c1-13(2)22-16-15(10-7-11-20-16)25-19(3,18(22)24)17(23)21-12-14-8-5-4-6-9-14/h4-11,13H,12H2,1-3H3,(H,21,23)/t19-/m0/s1. The molecule has 25 heavy (non-hydrogen) atoms. The fourth-order valence-corrected chi connectivity index (χ4v) is 2.80. The second-order valence-electron chi connectivity index (χ2n) is 6.40. The summed E-state index contributed by atoms with van der Waals surface area (Å²) in [6.45, 7) is 5.59. The van der Waals surface area contributed by atoms with Gasteiger partial charge in [0.15, 0.2) is 11.6 Å². The number of ether oxygens (including phenoxy) is 1. The van der Waals surface area contributed by atoms with Gasteiger partial charge in [0.2, 0.25) is 0 Å². The van der Waals surface area contributed by atoms with E-state index in [2.05, 4.69) is 10.3 Å². The van der Waals surface area contributed by atoms with Crippen molar-refractivity contribution in [3.63, 3.8) is 0 Å². The molecular weight excluding hydrogens is 318 g/mol. The third kappa shape index (κ3) is 3.07. The Hall–Kier alpha value is -2.89. The summed E-state index contributed by atoms with van der Waals surface area (Å²) in [4.78, 5) is 31.5. The summed E-state index contributed by atoms with van der Waals surface area (Å²) < 4.78 is 5.80. The van der Waals surface area contributed by atoms with Crippen LogP contribution in [0.1, 0.15) is 26.3 Å². The summed E-state index contributed by atoms with van der Waals surface area (Å²) in [5, 5.41) is 2.80. The number of fused-ring (bicyclic) bond motifs is 1. The van der Waals surface area contributed by atoms with Gasteiger partial charge in [-0.05, 0) is 38.5 Å². The fraction of sp³-hybridized carbons (Fsp3) is 0.316. The molecule has 6 nitrogen and oxygen atoms in total. The Labute approximate surface area is 146 Å². The van der Waals surface area contributed by atoms with E-state index in [1.165, 1.54) is 11.8 Å². The molecule has 130 valence electrons. The first-order chi connectivity index (χ1) is 11.9. The number of rotatable bonds is 4. The lowest BCUT2D eigenvalue weighted by molar-refractivity contribution is -0.148. The number of carbonyl (C=O) groups excluding carboxylic acids is 2. The molecule has 1 atom stereocenters. The molecule has 0 radical (unpaired) electrons. The zero-order valence-electron chi connectivity index (χ0n) is 14.5. The smallest absolute Gasteiger partial charge is 0.282 e. The first kappa shape index (κ1) is 17.0. The summed E-state index contributed by atoms with van der Waals surface area (Å²) in [5.41, 5.74) is -0.680. The fourth-order valence-electron chi connectivity index (χ4n) is 2.80. The molecule has 1 N–H and O–H groups in total. The maximum absolute atomic E-state index is 13.0. The molecule has 0 fully saturated rings. The quantitative estimate of drug-likeness (QED) is 0.868. The number of nitrogens with zero attached hydrogens (tertiary/aromatic N) is 2. The molecule has 1 aromatic carbocycles. The van der Waals surface area contributed by atoms with Gasteiger partial charge < -0.3 is 10.1 Å². The molecule has 3 rings (SSSR count). The van der Waals surface area contributed by atoms with Crippen molar-refractivity contribution < 1.29 is 14.3 Å². The highest BCUT2D eigenvalue weighted by Crippen LogP contribution is 2.37. The van der Waals surface area contributed by atoms with Crippen LogP contribution in [0.4, 0.5) is 5.82 Å². The van der Waals surface area contributed by atoms with E-state index in [0.717, 1.165) is 5.56 Å². The molecule has 0 spiro atoms. The van der Waals surface area contributed by atoms with Crippen LogP contribution in [0.15, 0.2) is 48.7 Å². The Bertz CT molecular complexity index is 792. The van der Waals surface area contributed by atoms with Crippen molar-refractivity contribution in [1.29, 1.82) is 0 Å². The minimum atomic E-state index is -1.63. The van der Waals surface area contributed by atoms with Crippen molar-refractivity contribution in [3.8, 4) is 5.75 Å². The van der Waals surface area contributed by atoms with Crippen LogP contribution in [0.5, 0.6) is 5.75 Å². The molecule has 0 bridgehead atoms. The number of benzene rings is 1. The van der Waals surface area contributed by atoms with Crippen molar-refractivity contribution in [2.24, 2.45) is 0 Å². The van der Waals surface area contributed by atoms with Gasteiger partial charge >= 0.3 is 0 Å². The average Bonchev–Trinajstić information content (AvgIpc) is 2.61. The van der Waals surface area contributed by atoms with E-state index in [4.69, 9.17) is 4.74 Å². The molecule has 1 aliphatic rings. The van der Waals surface area contributed by atoms with E-state index < -0.39 is 17.4 Å². The zero-order valence-corrected chi connectivity index (χ0v) is 14.5. The SMILES string of the molecule is CC(C)N1C(=O)[C@](C)(C(=O)NCc2ccccc2)Oc2cccnc21. The number of anilines is 1. The third-order valence-electron chi connectivity index (χ3n) is 4.17. The van der Waals surface area contributed by atoms with Crippen LogP contribution in [-0.2, 0) is 16.1 Å². The number of hydrogen-bond donors (Lipinski definition) is 1. The number of pyridine rings is 1. The minimum absolute atomic E-state index is 0.147. The Balaban J connectivity index is 1.87. The zero-order chi connectivity index (χ0) is 18.0. The van der Waals surface area contributed by atoms with Gasteiger partial charge in [-0.1, -0.05) is 30.3 Å². The van der Waals surface area contributed by atoms with Gasteiger partial charge in [-0.25, -0.2) is 4.98 Å². The van der Waals surface area contributed by atoms with Crippen LogP contribution in [0.3, 0.4) is 0 Å². The summed E-state index contributed by atoms with van der Waals surface area (Å²) >= 11 is 0. The number of hydrogen-bond acceptors (Lipinski definition) is 4. The van der Waals surface area contributed by atoms with Gasteiger partial charge in [-0.3, -0.25) is 14.5 Å². The van der Waals surface area contributed by atoms with Crippen molar-refractivity contribution in [1.82, 2.24) is 10.3 Å². The monoisotopic (exact) mass is 339 g/mol. The summed E-state index contributed by atoms with van der Waals surface area (Å²) in [7, 11) is 0. The first-order valence-corrected chi connectivity index (χ1v) is 8.23. The van der Waals surface area contributed by atoms with Crippen LogP contribution in [0.25, 0.3) is 0 Å². The summed E-state index contributed by atoms with van der Waals surface area (Å²) in [5.74, 6) is -0.0234. The van der Waals surface area contributed by atoms with Gasteiger partial charge in [-0.2, -0.15) is 0 Å². The van der Waals surface area contributed by atoms with Crippen LogP contribution >= 0.6 is 0 Å². The molecule has 2 aromatic rings. The lowest BCUT2D eigenvalue weighted by atomic mass is 9.99. The van der Waals surface area contributed by atoms with Crippen LogP contribution in [0, 0.1) is 0 Å². The average molecular weight is 339 g/mol. The number of aromatic nitrogens is 1. The van der Waals surface area contributed by atoms with Gasteiger partial charge in [-0.15, -0.1) is 0 Å². The normalized spacial score (nSPS) is 19.4. The largest absolute Gasteiger partial charge is 0.464 e. The van der Waals surface area contributed by atoms with E-state index in [1.54, 1.807) is 18.3 Å². The van der Waals surface area contributed by atoms with Crippen molar-refractivity contribution >= 4 is 17.6 Å². The molecule has 0 saturated heterocycles. The Morgan fingerprint density at radius 3 is 2.64 bits per heavy atom. The first-order valence-electron chi connectivity index (χ1n) is 8.23. The van der Waals surface area contributed by atoms with Gasteiger partial charge in [0, 0.05) is 18.8 Å². The lowest BCUT2D eigenvalue weighted by Gasteiger charge is -2.40. The van der Waals surface area contributed by atoms with Gasteiger partial charge in [0.1, 0.15) is 0 Å². The van der Waals surface area contributed by atoms with E-state index in [-0.39, 0.29) is 6.04 Å². The summed E-state index contributed by atoms with van der Waals surface area (Å²) in [6, 6.07) is 12.8.